The van der Waals surface area contributed by atoms with E-state index in [1.807, 2.05) is 7.05 Å². The minimum Gasteiger partial charge on any atom is -0.319 e. The summed E-state index contributed by atoms with van der Waals surface area (Å²) in [6.07, 6.45) is 3.43. The third kappa shape index (κ3) is 2.50. The van der Waals surface area contributed by atoms with Crippen molar-refractivity contribution in [3.8, 4) is 0 Å². The summed E-state index contributed by atoms with van der Waals surface area (Å²) in [7, 11) is 1.96. The first kappa shape index (κ1) is 10.9. The highest BCUT2D eigenvalue weighted by molar-refractivity contribution is 6.31. The van der Waals surface area contributed by atoms with E-state index in [1.165, 1.54) is 25.0 Å². The molecular weight excluding hydrogens is 213 g/mol. The third-order valence-electron chi connectivity index (χ3n) is 3.09. The van der Waals surface area contributed by atoms with Crippen LogP contribution in [-0.4, -0.2) is 13.6 Å². The standard InChI is InChI=1S/C12H15ClFN/c1-15-8-12(4-5-12)7-9-2-3-10(14)6-11(9)13/h2-3,6,15H,4-5,7-8H2,1H3. The molecule has 1 nitrogen and oxygen atoms in total. The first-order chi connectivity index (χ1) is 7.15. The van der Waals surface area contributed by atoms with E-state index < -0.39 is 0 Å². The van der Waals surface area contributed by atoms with Crippen molar-refractivity contribution in [2.45, 2.75) is 19.3 Å². The normalized spacial score (nSPS) is 17.8. The minimum absolute atomic E-state index is 0.262. The largest absolute Gasteiger partial charge is 0.319 e. The fourth-order valence-electron chi connectivity index (χ4n) is 2.04. The highest BCUT2D eigenvalue weighted by Crippen LogP contribution is 2.48. The van der Waals surface area contributed by atoms with Gasteiger partial charge in [0.05, 0.1) is 0 Å². The van der Waals surface area contributed by atoms with E-state index in [-0.39, 0.29) is 5.82 Å². The second-order valence-corrected chi connectivity index (χ2v) is 4.85. The first-order valence-electron chi connectivity index (χ1n) is 5.24. The number of hydrogen-bond acceptors (Lipinski definition) is 1. The highest BCUT2D eigenvalue weighted by atomic mass is 35.5. The maximum absolute atomic E-state index is 12.8. The van der Waals surface area contributed by atoms with Crippen LogP contribution in [0.5, 0.6) is 0 Å². The van der Waals surface area contributed by atoms with Crippen molar-refractivity contribution in [1.29, 1.82) is 0 Å². The van der Waals surface area contributed by atoms with E-state index in [0.717, 1.165) is 18.5 Å². The molecule has 0 heterocycles. The Bertz CT molecular complexity index is 361. The Hall–Kier alpha value is -0.600. The molecule has 0 unspecified atom stereocenters. The van der Waals surface area contributed by atoms with Crippen molar-refractivity contribution in [2.24, 2.45) is 5.41 Å². The van der Waals surface area contributed by atoms with Crippen LogP contribution in [0.1, 0.15) is 18.4 Å². The molecular formula is C12H15ClFN. The molecule has 1 aromatic carbocycles. The Kier molecular flexibility index (Phi) is 2.98. The molecule has 0 bridgehead atoms. The van der Waals surface area contributed by atoms with E-state index in [9.17, 15) is 4.39 Å². The average Bonchev–Trinajstić information content (AvgIpc) is 2.91. The average molecular weight is 228 g/mol. The number of benzene rings is 1. The van der Waals surface area contributed by atoms with E-state index in [4.69, 9.17) is 11.6 Å². The Labute approximate surface area is 94.6 Å². The lowest BCUT2D eigenvalue weighted by atomic mass is 9.96. The lowest BCUT2D eigenvalue weighted by Gasteiger charge is -2.15. The molecule has 15 heavy (non-hydrogen) atoms. The van der Waals surface area contributed by atoms with Crippen LogP contribution in [0.2, 0.25) is 5.02 Å². The molecule has 1 aliphatic carbocycles. The molecule has 3 heteroatoms. The van der Waals surface area contributed by atoms with Crippen molar-refractivity contribution < 1.29 is 4.39 Å². The summed E-state index contributed by atoms with van der Waals surface area (Å²) in [5.41, 5.74) is 1.43. The van der Waals surface area contributed by atoms with E-state index in [1.54, 1.807) is 6.07 Å². The predicted octanol–water partition coefficient (Wildman–Crippen LogP) is 3.02. The predicted molar refractivity (Wildman–Crippen MR) is 60.7 cm³/mol. The SMILES string of the molecule is CNCC1(Cc2ccc(F)cc2Cl)CC1. The van der Waals surface area contributed by atoms with Crippen molar-refractivity contribution >= 4 is 11.6 Å². The zero-order chi connectivity index (χ0) is 10.9. The van der Waals surface area contributed by atoms with Gasteiger partial charge in [0.2, 0.25) is 0 Å². The van der Waals surface area contributed by atoms with Crippen LogP contribution in [0.3, 0.4) is 0 Å². The van der Waals surface area contributed by atoms with E-state index in [2.05, 4.69) is 5.32 Å². The third-order valence-corrected chi connectivity index (χ3v) is 3.44. The van der Waals surface area contributed by atoms with Gasteiger partial charge in [0.1, 0.15) is 5.82 Å². The summed E-state index contributed by atoms with van der Waals surface area (Å²) in [5.74, 6) is -0.262. The van der Waals surface area contributed by atoms with Gasteiger partial charge in [-0.15, -0.1) is 0 Å². The van der Waals surface area contributed by atoms with Crippen LogP contribution in [0.4, 0.5) is 4.39 Å². The van der Waals surface area contributed by atoms with Gasteiger partial charge in [0.15, 0.2) is 0 Å². The molecule has 0 aromatic heterocycles. The van der Waals surface area contributed by atoms with Crippen LogP contribution in [0.25, 0.3) is 0 Å². The van der Waals surface area contributed by atoms with Crippen molar-refractivity contribution in [1.82, 2.24) is 5.32 Å². The summed E-state index contributed by atoms with van der Waals surface area (Å²) >= 11 is 6.00. The zero-order valence-corrected chi connectivity index (χ0v) is 9.57. The summed E-state index contributed by atoms with van der Waals surface area (Å²) in [4.78, 5) is 0. The summed E-state index contributed by atoms with van der Waals surface area (Å²) in [6, 6.07) is 4.68. The quantitative estimate of drug-likeness (QED) is 0.834. The Morgan fingerprint density at radius 3 is 2.73 bits per heavy atom. The Morgan fingerprint density at radius 2 is 2.20 bits per heavy atom. The molecule has 1 N–H and O–H groups in total. The second-order valence-electron chi connectivity index (χ2n) is 4.44. The molecule has 0 amide bonds. The number of halogens is 2. The second kappa shape index (κ2) is 4.11. The maximum Gasteiger partial charge on any atom is 0.124 e. The molecule has 0 saturated heterocycles. The van der Waals surface area contributed by atoms with Gasteiger partial charge < -0.3 is 5.32 Å². The minimum atomic E-state index is -0.262. The fourth-order valence-corrected chi connectivity index (χ4v) is 2.27. The molecule has 1 aliphatic rings. The van der Waals surface area contributed by atoms with E-state index >= 15 is 0 Å². The maximum atomic E-state index is 12.8. The van der Waals surface area contributed by atoms with Crippen LogP contribution in [0, 0.1) is 11.2 Å². The molecule has 82 valence electrons. The smallest absolute Gasteiger partial charge is 0.124 e. The van der Waals surface area contributed by atoms with Gasteiger partial charge in [-0.25, -0.2) is 4.39 Å². The van der Waals surface area contributed by atoms with Crippen molar-refractivity contribution in [3.63, 3.8) is 0 Å². The molecule has 1 fully saturated rings. The van der Waals surface area contributed by atoms with Crippen LogP contribution >= 0.6 is 11.6 Å². The van der Waals surface area contributed by atoms with Gasteiger partial charge in [0, 0.05) is 11.6 Å². The number of nitrogens with one attached hydrogen (secondary N) is 1. The summed E-state index contributed by atoms with van der Waals surface area (Å²) < 4.78 is 12.8. The van der Waals surface area contributed by atoms with Gasteiger partial charge in [-0.05, 0) is 49.4 Å². The summed E-state index contributed by atoms with van der Waals surface area (Å²) in [6.45, 7) is 1.01. The van der Waals surface area contributed by atoms with Gasteiger partial charge in [-0.1, -0.05) is 17.7 Å². The molecule has 0 spiro atoms. The molecule has 2 rings (SSSR count). The zero-order valence-electron chi connectivity index (χ0n) is 8.82. The van der Waals surface area contributed by atoms with Crippen LogP contribution < -0.4 is 5.32 Å². The number of hydrogen-bond donors (Lipinski definition) is 1. The Balaban J connectivity index is 2.11. The van der Waals surface area contributed by atoms with Gasteiger partial charge >= 0.3 is 0 Å². The summed E-state index contributed by atoms with van der Waals surface area (Å²) in [5, 5.41) is 3.76. The lowest BCUT2D eigenvalue weighted by molar-refractivity contribution is 0.478. The molecule has 1 aromatic rings. The van der Waals surface area contributed by atoms with E-state index in [0.29, 0.717) is 10.4 Å². The van der Waals surface area contributed by atoms with Crippen LogP contribution in [0.15, 0.2) is 18.2 Å². The van der Waals surface area contributed by atoms with Crippen molar-refractivity contribution in [3.05, 3.63) is 34.6 Å². The molecule has 0 atom stereocenters. The first-order valence-corrected chi connectivity index (χ1v) is 5.62. The number of rotatable bonds is 4. The molecule has 0 radical (unpaired) electrons. The van der Waals surface area contributed by atoms with Gasteiger partial charge in [-0.2, -0.15) is 0 Å². The van der Waals surface area contributed by atoms with Crippen molar-refractivity contribution in [2.75, 3.05) is 13.6 Å². The van der Waals surface area contributed by atoms with Gasteiger partial charge in [-0.3, -0.25) is 0 Å². The van der Waals surface area contributed by atoms with Crippen LogP contribution in [-0.2, 0) is 6.42 Å². The topological polar surface area (TPSA) is 12.0 Å². The highest BCUT2D eigenvalue weighted by Gasteiger charge is 2.41. The lowest BCUT2D eigenvalue weighted by Crippen LogP contribution is -2.22. The Morgan fingerprint density at radius 1 is 1.47 bits per heavy atom. The molecule has 1 saturated carbocycles. The van der Waals surface area contributed by atoms with Gasteiger partial charge in [0.25, 0.3) is 0 Å². The monoisotopic (exact) mass is 227 g/mol. The molecule has 0 aliphatic heterocycles. The fraction of sp³-hybridized carbons (Fsp3) is 0.500.